The van der Waals surface area contributed by atoms with Gasteiger partial charge < -0.3 is 4.90 Å². The third-order valence-corrected chi connectivity index (χ3v) is 7.41. The van der Waals surface area contributed by atoms with Gasteiger partial charge >= 0.3 is 0 Å². The first-order chi connectivity index (χ1) is 13.2. The van der Waals surface area contributed by atoms with Crippen LogP contribution in [0.3, 0.4) is 0 Å². The van der Waals surface area contributed by atoms with Gasteiger partial charge in [-0.1, -0.05) is 50.1 Å². The predicted octanol–water partition coefficient (Wildman–Crippen LogP) is 4.19. The number of para-hydroxylation sites is 1. The summed E-state index contributed by atoms with van der Waals surface area (Å²) in [5, 5.41) is 13.5. The van der Waals surface area contributed by atoms with E-state index in [1.807, 2.05) is 33.5 Å². The Balaban J connectivity index is 1.45. The lowest BCUT2D eigenvalue weighted by atomic mass is 9.96. The molecule has 0 unspecified atom stereocenters. The molecule has 1 aliphatic carbocycles. The molecule has 8 heteroatoms. The summed E-state index contributed by atoms with van der Waals surface area (Å²) in [7, 11) is 0. The van der Waals surface area contributed by atoms with E-state index < -0.39 is 0 Å². The molecule has 1 aromatic carbocycles. The minimum Gasteiger partial charge on any atom is -0.311 e. The van der Waals surface area contributed by atoms with Crippen LogP contribution in [0.1, 0.15) is 51.5 Å². The number of hydrogen-bond donors (Lipinski definition) is 0. The van der Waals surface area contributed by atoms with Crippen molar-refractivity contribution >= 4 is 35.1 Å². The molecular weight excluding hydrogens is 378 g/mol. The lowest BCUT2D eigenvalue weighted by Gasteiger charge is -2.23. The highest BCUT2D eigenvalue weighted by Crippen LogP contribution is 2.37. The van der Waals surface area contributed by atoms with Crippen molar-refractivity contribution in [1.82, 2.24) is 20.2 Å². The maximum atomic E-state index is 13.0. The predicted molar refractivity (Wildman–Crippen MR) is 109 cm³/mol. The maximum absolute atomic E-state index is 13.0. The third-order valence-electron chi connectivity index (χ3n) is 5.25. The number of tetrazole rings is 1. The fraction of sp³-hybridized carbons (Fsp3) is 0.579. The van der Waals surface area contributed by atoms with Gasteiger partial charge in [0.25, 0.3) is 0 Å². The van der Waals surface area contributed by atoms with Crippen molar-refractivity contribution in [3.63, 3.8) is 0 Å². The van der Waals surface area contributed by atoms with E-state index in [-0.39, 0.29) is 5.91 Å². The zero-order valence-electron chi connectivity index (χ0n) is 15.6. The summed E-state index contributed by atoms with van der Waals surface area (Å²) in [5.74, 6) is 0.487. The first kappa shape index (κ1) is 18.8. The number of amides is 1. The molecule has 1 atom stereocenters. The number of hydrogen-bond acceptors (Lipinski definition) is 6. The Bertz CT molecular complexity index is 790. The zero-order chi connectivity index (χ0) is 18.6. The van der Waals surface area contributed by atoms with Crippen molar-refractivity contribution in [2.24, 2.45) is 0 Å². The number of rotatable bonds is 4. The number of benzene rings is 1. The number of thioether (sulfide) groups is 2. The van der Waals surface area contributed by atoms with Crippen LogP contribution in [0, 0.1) is 0 Å². The van der Waals surface area contributed by atoms with Gasteiger partial charge in [0.2, 0.25) is 11.1 Å². The monoisotopic (exact) mass is 403 g/mol. The average Bonchev–Trinajstić information content (AvgIpc) is 3.10. The van der Waals surface area contributed by atoms with Gasteiger partial charge in [0.1, 0.15) is 0 Å². The highest BCUT2D eigenvalue weighted by atomic mass is 32.2. The number of nitrogens with zero attached hydrogens (tertiary/aromatic N) is 5. The molecule has 0 saturated heterocycles. The first-order valence-electron chi connectivity index (χ1n) is 9.69. The number of fused-ring (bicyclic) bond motifs is 1. The number of aromatic nitrogens is 4. The van der Waals surface area contributed by atoms with Crippen molar-refractivity contribution in [1.29, 1.82) is 0 Å². The molecule has 27 heavy (non-hydrogen) atoms. The molecule has 1 aromatic heterocycles. The van der Waals surface area contributed by atoms with Crippen LogP contribution in [0.2, 0.25) is 0 Å². The van der Waals surface area contributed by atoms with Gasteiger partial charge in [0.15, 0.2) is 0 Å². The largest absolute Gasteiger partial charge is 0.311 e. The molecular formula is C19H25N5OS2. The van der Waals surface area contributed by atoms with E-state index in [0.717, 1.165) is 36.7 Å². The van der Waals surface area contributed by atoms with Gasteiger partial charge in [0, 0.05) is 16.7 Å². The summed E-state index contributed by atoms with van der Waals surface area (Å²) in [6.45, 7) is 2.99. The molecule has 6 nitrogen and oxygen atoms in total. The lowest BCUT2D eigenvalue weighted by molar-refractivity contribution is -0.116. The van der Waals surface area contributed by atoms with Crippen LogP contribution in [0.4, 0.5) is 5.69 Å². The molecule has 4 rings (SSSR count). The summed E-state index contributed by atoms with van der Waals surface area (Å²) in [4.78, 5) is 16.1. The second-order valence-corrected chi connectivity index (χ2v) is 9.64. The molecule has 0 spiro atoms. The third kappa shape index (κ3) is 4.32. The van der Waals surface area contributed by atoms with Gasteiger partial charge in [-0.05, 0) is 41.8 Å². The van der Waals surface area contributed by atoms with Crippen molar-refractivity contribution in [2.45, 2.75) is 66.8 Å². The maximum Gasteiger partial charge on any atom is 0.237 e. The molecule has 0 N–H and O–H groups in total. The van der Waals surface area contributed by atoms with Crippen LogP contribution in [-0.2, 0) is 4.79 Å². The Morgan fingerprint density at radius 1 is 1.22 bits per heavy atom. The zero-order valence-corrected chi connectivity index (χ0v) is 17.2. The molecule has 2 aromatic rings. The second-order valence-electron chi connectivity index (χ2n) is 7.22. The van der Waals surface area contributed by atoms with Gasteiger partial charge in [-0.3, -0.25) is 4.79 Å². The Kier molecular flexibility index (Phi) is 6.02. The van der Waals surface area contributed by atoms with Gasteiger partial charge in [-0.15, -0.1) is 16.9 Å². The van der Waals surface area contributed by atoms with E-state index in [1.54, 1.807) is 0 Å². The van der Waals surface area contributed by atoms with E-state index in [9.17, 15) is 4.79 Å². The smallest absolute Gasteiger partial charge is 0.237 e. The molecule has 2 heterocycles. The Labute approximate surface area is 168 Å². The summed E-state index contributed by atoms with van der Waals surface area (Å²) in [6, 6.07) is 8.59. The van der Waals surface area contributed by atoms with Crippen LogP contribution in [-0.4, -0.2) is 43.7 Å². The number of carbonyl (C=O) groups excluding carboxylic acids is 1. The molecule has 1 fully saturated rings. The molecule has 144 valence electrons. The van der Waals surface area contributed by atoms with Crippen molar-refractivity contribution in [3.05, 3.63) is 24.3 Å². The van der Waals surface area contributed by atoms with Crippen LogP contribution in [0.15, 0.2) is 34.3 Å². The SMILES string of the molecule is C[C@H]1CCN(C(=O)CSc2nnnn2C2CCCCC2)c2ccccc2S1. The molecule has 1 aliphatic heterocycles. The second kappa shape index (κ2) is 8.65. The lowest BCUT2D eigenvalue weighted by Crippen LogP contribution is -2.33. The van der Waals surface area contributed by atoms with Crippen LogP contribution in [0.5, 0.6) is 0 Å². The van der Waals surface area contributed by atoms with Crippen molar-refractivity contribution in [3.8, 4) is 0 Å². The molecule has 0 radical (unpaired) electrons. The Hall–Kier alpha value is -1.54. The molecule has 1 saturated carbocycles. The summed E-state index contributed by atoms with van der Waals surface area (Å²) >= 11 is 3.31. The quantitative estimate of drug-likeness (QED) is 0.714. The summed E-state index contributed by atoms with van der Waals surface area (Å²) < 4.78 is 1.94. The first-order valence-corrected chi connectivity index (χ1v) is 11.6. The standard InChI is InChI=1S/C19H25N5OS2/c1-14-11-12-23(16-9-5-6-10-17(16)27-14)18(25)13-26-19-20-21-22-24(19)15-7-3-2-4-8-15/h5-6,9-10,14-15H,2-4,7-8,11-13H2,1H3/t14-/m0/s1. The number of carbonyl (C=O) groups is 1. The number of anilines is 1. The Morgan fingerprint density at radius 3 is 2.89 bits per heavy atom. The van der Waals surface area contributed by atoms with Gasteiger partial charge in [0.05, 0.1) is 17.5 Å². The van der Waals surface area contributed by atoms with Crippen molar-refractivity contribution in [2.75, 3.05) is 17.2 Å². The van der Waals surface area contributed by atoms with Gasteiger partial charge in [-0.2, -0.15) is 0 Å². The van der Waals surface area contributed by atoms with E-state index in [4.69, 9.17) is 0 Å². The highest BCUT2D eigenvalue weighted by molar-refractivity contribution is 8.00. The normalized spacial score (nSPS) is 20.9. The topological polar surface area (TPSA) is 63.9 Å². The van der Waals surface area contributed by atoms with Gasteiger partial charge in [-0.25, -0.2) is 4.68 Å². The van der Waals surface area contributed by atoms with E-state index in [0.29, 0.717) is 17.0 Å². The molecule has 0 bridgehead atoms. The summed E-state index contributed by atoms with van der Waals surface area (Å²) in [5.41, 5.74) is 1.03. The van der Waals surface area contributed by atoms with E-state index in [2.05, 4.69) is 34.6 Å². The van der Waals surface area contributed by atoms with Crippen LogP contribution >= 0.6 is 23.5 Å². The van der Waals surface area contributed by atoms with Crippen LogP contribution < -0.4 is 4.90 Å². The van der Waals surface area contributed by atoms with E-state index in [1.165, 1.54) is 35.9 Å². The summed E-state index contributed by atoms with van der Waals surface area (Å²) in [6.07, 6.45) is 7.00. The Morgan fingerprint density at radius 2 is 2.04 bits per heavy atom. The van der Waals surface area contributed by atoms with E-state index >= 15 is 0 Å². The minimum atomic E-state index is 0.125. The molecule has 2 aliphatic rings. The fourth-order valence-corrected chi connectivity index (χ4v) is 5.72. The average molecular weight is 404 g/mol. The van der Waals surface area contributed by atoms with Crippen molar-refractivity contribution < 1.29 is 4.79 Å². The fourth-order valence-electron chi connectivity index (χ4n) is 3.79. The van der Waals surface area contributed by atoms with Crippen LogP contribution in [0.25, 0.3) is 0 Å². The minimum absolute atomic E-state index is 0.125. The molecule has 1 amide bonds. The highest BCUT2D eigenvalue weighted by Gasteiger charge is 2.25.